The summed E-state index contributed by atoms with van der Waals surface area (Å²) in [6, 6.07) is 9.45. The van der Waals surface area contributed by atoms with E-state index in [0.717, 1.165) is 11.1 Å². The minimum absolute atomic E-state index is 0.194. The number of carbonyl (C=O) groups excluding carboxylic acids is 1. The molecular formula is C16H15NO4. The summed E-state index contributed by atoms with van der Waals surface area (Å²) < 4.78 is 5.76. The lowest BCUT2D eigenvalue weighted by molar-refractivity contribution is 0.0696. The van der Waals surface area contributed by atoms with Crippen molar-refractivity contribution in [1.29, 1.82) is 0 Å². The fourth-order valence-electron chi connectivity index (χ4n) is 2.04. The molecule has 0 radical (unpaired) electrons. The predicted molar refractivity (Wildman–Crippen MR) is 77.9 cm³/mol. The first kappa shape index (κ1) is 14.6. The van der Waals surface area contributed by atoms with Gasteiger partial charge < -0.3 is 15.6 Å². The number of nitrogens with two attached hydrogens (primary N) is 1. The van der Waals surface area contributed by atoms with Gasteiger partial charge in [0.25, 0.3) is 0 Å². The molecule has 3 N–H and O–H groups in total. The number of carboxylic acid groups (broad SMARTS) is 1. The number of hydrogen-bond donors (Lipinski definition) is 2. The van der Waals surface area contributed by atoms with E-state index < -0.39 is 11.9 Å². The smallest absolute Gasteiger partial charge is 0.335 e. The summed E-state index contributed by atoms with van der Waals surface area (Å²) in [5.74, 6) is -0.320. The fourth-order valence-corrected chi connectivity index (χ4v) is 2.04. The predicted octanol–water partition coefficient (Wildman–Crippen LogP) is 2.89. The molecule has 0 aromatic heterocycles. The van der Waals surface area contributed by atoms with E-state index in [0.29, 0.717) is 17.1 Å². The zero-order valence-corrected chi connectivity index (χ0v) is 11.7. The summed E-state index contributed by atoms with van der Waals surface area (Å²) in [5.41, 5.74) is 7.45. The zero-order chi connectivity index (χ0) is 15.6. The molecule has 0 aliphatic rings. The number of aryl methyl sites for hydroxylation is 2. The van der Waals surface area contributed by atoms with Crippen LogP contribution in [0.2, 0.25) is 0 Å². The molecule has 0 aliphatic carbocycles. The summed E-state index contributed by atoms with van der Waals surface area (Å²) in [5, 5.41) is 8.85. The summed E-state index contributed by atoms with van der Waals surface area (Å²) in [4.78, 5) is 22.0. The molecule has 5 heteroatoms. The van der Waals surface area contributed by atoms with Crippen molar-refractivity contribution in [3.8, 4) is 11.5 Å². The zero-order valence-electron chi connectivity index (χ0n) is 11.7. The van der Waals surface area contributed by atoms with E-state index in [2.05, 4.69) is 0 Å². The Morgan fingerprint density at radius 1 is 1.00 bits per heavy atom. The highest BCUT2D eigenvalue weighted by Crippen LogP contribution is 2.30. The molecule has 0 spiro atoms. The van der Waals surface area contributed by atoms with Gasteiger partial charge in [-0.2, -0.15) is 0 Å². The second-order valence-electron chi connectivity index (χ2n) is 4.74. The topological polar surface area (TPSA) is 89.6 Å². The monoisotopic (exact) mass is 285 g/mol. The normalized spacial score (nSPS) is 10.2. The maximum atomic E-state index is 11.2. The second kappa shape index (κ2) is 5.66. The highest BCUT2D eigenvalue weighted by atomic mass is 16.5. The van der Waals surface area contributed by atoms with Gasteiger partial charge in [-0.1, -0.05) is 0 Å². The van der Waals surface area contributed by atoms with E-state index in [9.17, 15) is 9.59 Å². The molecule has 0 fully saturated rings. The Kier molecular flexibility index (Phi) is 3.93. The van der Waals surface area contributed by atoms with Crippen LogP contribution in [0.25, 0.3) is 0 Å². The van der Waals surface area contributed by atoms with Crippen LogP contribution in [0, 0.1) is 13.8 Å². The van der Waals surface area contributed by atoms with Gasteiger partial charge in [0.15, 0.2) is 0 Å². The highest BCUT2D eigenvalue weighted by molar-refractivity contribution is 5.93. The van der Waals surface area contributed by atoms with Crippen molar-refractivity contribution < 1.29 is 19.4 Å². The molecule has 0 aliphatic heterocycles. The Morgan fingerprint density at radius 3 is 1.95 bits per heavy atom. The van der Waals surface area contributed by atoms with Gasteiger partial charge in [0.05, 0.1) is 5.56 Å². The number of ether oxygens (including phenoxy) is 1. The summed E-state index contributed by atoms with van der Waals surface area (Å²) >= 11 is 0. The van der Waals surface area contributed by atoms with Crippen LogP contribution in [0.5, 0.6) is 11.5 Å². The van der Waals surface area contributed by atoms with E-state index in [1.54, 1.807) is 24.3 Å². The molecule has 0 atom stereocenters. The summed E-state index contributed by atoms with van der Waals surface area (Å²) in [6.45, 7) is 3.64. The third kappa shape index (κ3) is 3.20. The summed E-state index contributed by atoms with van der Waals surface area (Å²) in [7, 11) is 0. The molecule has 5 nitrogen and oxygen atoms in total. The molecule has 0 saturated heterocycles. The number of carboxylic acids is 1. The number of hydrogen-bond acceptors (Lipinski definition) is 3. The largest absolute Gasteiger partial charge is 0.478 e. The van der Waals surface area contributed by atoms with Crippen molar-refractivity contribution in [1.82, 2.24) is 0 Å². The number of carbonyl (C=O) groups is 2. The summed E-state index contributed by atoms with van der Waals surface area (Å²) in [6.07, 6.45) is 0. The first-order valence-corrected chi connectivity index (χ1v) is 6.30. The third-order valence-corrected chi connectivity index (χ3v) is 3.07. The van der Waals surface area contributed by atoms with Gasteiger partial charge in [0.2, 0.25) is 5.91 Å². The van der Waals surface area contributed by atoms with Gasteiger partial charge >= 0.3 is 5.97 Å². The SMILES string of the molecule is Cc1cc(C(N)=O)cc(C)c1Oc1ccc(C(=O)O)cc1. The number of amides is 1. The Morgan fingerprint density at radius 2 is 1.52 bits per heavy atom. The van der Waals surface area contributed by atoms with E-state index in [4.69, 9.17) is 15.6 Å². The van der Waals surface area contributed by atoms with Crippen molar-refractivity contribution in [2.75, 3.05) is 0 Å². The highest BCUT2D eigenvalue weighted by Gasteiger charge is 2.11. The average Bonchev–Trinajstić information content (AvgIpc) is 2.43. The molecule has 0 bridgehead atoms. The van der Waals surface area contributed by atoms with Gasteiger partial charge in [-0.25, -0.2) is 4.79 Å². The lowest BCUT2D eigenvalue weighted by Crippen LogP contribution is -2.11. The van der Waals surface area contributed by atoms with Crippen molar-refractivity contribution >= 4 is 11.9 Å². The third-order valence-electron chi connectivity index (χ3n) is 3.07. The minimum Gasteiger partial charge on any atom is -0.478 e. The lowest BCUT2D eigenvalue weighted by atomic mass is 10.1. The maximum Gasteiger partial charge on any atom is 0.335 e. The van der Waals surface area contributed by atoms with Crippen LogP contribution < -0.4 is 10.5 Å². The van der Waals surface area contributed by atoms with E-state index in [1.165, 1.54) is 12.1 Å². The number of aromatic carboxylic acids is 1. The van der Waals surface area contributed by atoms with Gasteiger partial charge in [-0.05, 0) is 61.4 Å². The van der Waals surface area contributed by atoms with Crippen LogP contribution >= 0.6 is 0 Å². The molecule has 108 valence electrons. The first-order chi connectivity index (χ1) is 9.88. The molecule has 2 rings (SSSR count). The Bertz CT molecular complexity index is 682. The van der Waals surface area contributed by atoms with Crippen molar-refractivity contribution in [3.63, 3.8) is 0 Å². The quantitative estimate of drug-likeness (QED) is 0.903. The Labute approximate surface area is 122 Å². The average molecular weight is 285 g/mol. The standard InChI is InChI=1S/C16H15NO4/c1-9-7-12(15(17)18)8-10(2)14(9)21-13-5-3-11(4-6-13)16(19)20/h3-8H,1-2H3,(H2,17,18)(H,19,20). The second-order valence-corrected chi connectivity index (χ2v) is 4.74. The molecule has 0 saturated carbocycles. The van der Waals surface area contributed by atoms with Crippen molar-refractivity contribution in [2.24, 2.45) is 5.73 Å². The van der Waals surface area contributed by atoms with Crippen LogP contribution in [0.4, 0.5) is 0 Å². The van der Waals surface area contributed by atoms with Gasteiger partial charge in [0, 0.05) is 5.56 Å². The number of rotatable bonds is 4. The molecule has 2 aromatic carbocycles. The van der Waals surface area contributed by atoms with Crippen LogP contribution in [-0.2, 0) is 0 Å². The molecule has 0 unspecified atom stereocenters. The van der Waals surface area contributed by atoms with E-state index in [1.807, 2.05) is 13.8 Å². The minimum atomic E-state index is -0.986. The first-order valence-electron chi connectivity index (χ1n) is 6.30. The fraction of sp³-hybridized carbons (Fsp3) is 0.125. The van der Waals surface area contributed by atoms with E-state index >= 15 is 0 Å². The van der Waals surface area contributed by atoms with Crippen LogP contribution in [0.15, 0.2) is 36.4 Å². The number of primary amides is 1. The lowest BCUT2D eigenvalue weighted by Gasteiger charge is -2.13. The number of benzene rings is 2. The van der Waals surface area contributed by atoms with Gasteiger partial charge in [-0.15, -0.1) is 0 Å². The maximum absolute atomic E-state index is 11.2. The molecular weight excluding hydrogens is 270 g/mol. The van der Waals surface area contributed by atoms with Crippen molar-refractivity contribution in [3.05, 3.63) is 58.7 Å². The van der Waals surface area contributed by atoms with Crippen molar-refractivity contribution in [2.45, 2.75) is 13.8 Å². The van der Waals surface area contributed by atoms with E-state index in [-0.39, 0.29) is 5.56 Å². The van der Waals surface area contributed by atoms with Crippen LogP contribution in [0.3, 0.4) is 0 Å². The molecule has 0 heterocycles. The molecule has 1 amide bonds. The molecule has 2 aromatic rings. The van der Waals surface area contributed by atoms with Crippen LogP contribution in [-0.4, -0.2) is 17.0 Å². The Hall–Kier alpha value is -2.82. The van der Waals surface area contributed by atoms with Gasteiger partial charge in [0.1, 0.15) is 11.5 Å². The molecule has 21 heavy (non-hydrogen) atoms. The van der Waals surface area contributed by atoms with Crippen LogP contribution in [0.1, 0.15) is 31.8 Å². The Balaban J connectivity index is 2.31. The van der Waals surface area contributed by atoms with Gasteiger partial charge in [-0.3, -0.25) is 4.79 Å².